The molecule has 0 N–H and O–H groups in total. The zero-order valence-electron chi connectivity index (χ0n) is 18.2. The molecule has 2 aromatic carbocycles. The van der Waals surface area contributed by atoms with Crippen LogP contribution in [0.25, 0.3) is 10.2 Å². The molecule has 7 heteroatoms. The molecule has 0 saturated carbocycles. The minimum Gasteiger partial charge on any atom is -0.492 e. The predicted octanol–water partition coefficient (Wildman–Crippen LogP) is 5.63. The van der Waals surface area contributed by atoms with Gasteiger partial charge in [0.15, 0.2) is 10.8 Å². The maximum atomic E-state index is 13.6. The van der Waals surface area contributed by atoms with Gasteiger partial charge < -0.3 is 4.74 Å². The molecule has 4 aromatic rings. The first kappa shape index (κ1) is 21.1. The SMILES string of the molecule is CCOc1cccc2sc(N(Cc3ccccc3)C(=O)c3cc(C)n(C(C)C)n3)nc12. The van der Waals surface area contributed by atoms with Crippen molar-refractivity contribution in [3.63, 3.8) is 0 Å². The van der Waals surface area contributed by atoms with Gasteiger partial charge in [0.25, 0.3) is 5.91 Å². The number of aryl methyl sites for hydroxylation is 1. The number of fused-ring (bicyclic) bond motifs is 1. The van der Waals surface area contributed by atoms with Crippen molar-refractivity contribution < 1.29 is 9.53 Å². The number of carbonyl (C=O) groups is 1. The second-order valence-corrected chi connectivity index (χ2v) is 8.63. The van der Waals surface area contributed by atoms with Gasteiger partial charge in [0.1, 0.15) is 11.3 Å². The highest BCUT2D eigenvalue weighted by Crippen LogP contribution is 2.35. The second kappa shape index (κ2) is 8.89. The van der Waals surface area contributed by atoms with E-state index < -0.39 is 0 Å². The number of nitrogens with zero attached hydrogens (tertiary/aromatic N) is 4. The van der Waals surface area contributed by atoms with Crippen LogP contribution in [0.3, 0.4) is 0 Å². The summed E-state index contributed by atoms with van der Waals surface area (Å²) in [5.41, 5.74) is 3.19. The van der Waals surface area contributed by atoms with Crippen LogP contribution in [-0.2, 0) is 6.54 Å². The Hall–Kier alpha value is -3.19. The van der Waals surface area contributed by atoms with Gasteiger partial charge in [-0.2, -0.15) is 5.10 Å². The third-order valence-corrected chi connectivity index (χ3v) is 6.00. The molecular weight excluding hydrogens is 408 g/mol. The summed E-state index contributed by atoms with van der Waals surface area (Å²) in [6, 6.07) is 17.8. The van der Waals surface area contributed by atoms with Gasteiger partial charge in [-0.3, -0.25) is 14.4 Å². The molecule has 31 heavy (non-hydrogen) atoms. The summed E-state index contributed by atoms with van der Waals surface area (Å²) < 4.78 is 8.60. The van der Waals surface area contributed by atoms with Crippen molar-refractivity contribution in [2.24, 2.45) is 0 Å². The number of benzene rings is 2. The number of hydrogen-bond donors (Lipinski definition) is 0. The number of hydrogen-bond acceptors (Lipinski definition) is 5. The van der Waals surface area contributed by atoms with Gasteiger partial charge >= 0.3 is 0 Å². The Bertz CT molecular complexity index is 1200. The van der Waals surface area contributed by atoms with Gasteiger partial charge in [0, 0.05) is 11.7 Å². The van der Waals surface area contributed by atoms with E-state index in [2.05, 4.69) is 18.9 Å². The van der Waals surface area contributed by atoms with Gasteiger partial charge in [-0.25, -0.2) is 4.98 Å². The highest BCUT2D eigenvalue weighted by Gasteiger charge is 2.25. The summed E-state index contributed by atoms with van der Waals surface area (Å²) in [4.78, 5) is 20.1. The van der Waals surface area contributed by atoms with Crippen molar-refractivity contribution in [2.45, 2.75) is 40.3 Å². The monoisotopic (exact) mass is 434 g/mol. The molecule has 0 saturated heterocycles. The van der Waals surface area contributed by atoms with Crippen LogP contribution in [0.15, 0.2) is 54.6 Å². The van der Waals surface area contributed by atoms with Crippen LogP contribution in [0.5, 0.6) is 5.75 Å². The van der Waals surface area contributed by atoms with Gasteiger partial charge in [0.05, 0.1) is 17.9 Å². The first-order valence-electron chi connectivity index (χ1n) is 10.4. The molecule has 0 aliphatic carbocycles. The van der Waals surface area contributed by atoms with E-state index in [-0.39, 0.29) is 11.9 Å². The highest BCUT2D eigenvalue weighted by atomic mass is 32.1. The van der Waals surface area contributed by atoms with E-state index in [0.717, 1.165) is 27.2 Å². The van der Waals surface area contributed by atoms with Crippen LogP contribution < -0.4 is 9.64 Å². The van der Waals surface area contributed by atoms with Crippen LogP contribution >= 0.6 is 11.3 Å². The van der Waals surface area contributed by atoms with Crippen molar-refractivity contribution in [3.05, 3.63) is 71.5 Å². The third kappa shape index (κ3) is 4.32. The number of aromatic nitrogens is 3. The maximum absolute atomic E-state index is 13.6. The highest BCUT2D eigenvalue weighted by molar-refractivity contribution is 7.22. The first-order chi connectivity index (χ1) is 15.0. The Labute approximate surface area is 186 Å². The number of amides is 1. The van der Waals surface area contributed by atoms with Crippen LogP contribution in [0.4, 0.5) is 5.13 Å². The van der Waals surface area contributed by atoms with Crippen molar-refractivity contribution in [1.82, 2.24) is 14.8 Å². The third-order valence-electron chi connectivity index (χ3n) is 4.96. The van der Waals surface area contributed by atoms with Gasteiger partial charge in [-0.15, -0.1) is 0 Å². The Balaban J connectivity index is 1.78. The van der Waals surface area contributed by atoms with Gasteiger partial charge in [0.2, 0.25) is 0 Å². The second-order valence-electron chi connectivity index (χ2n) is 7.62. The Kier molecular flexibility index (Phi) is 6.04. The lowest BCUT2D eigenvalue weighted by Gasteiger charge is -2.19. The largest absolute Gasteiger partial charge is 0.492 e. The molecule has 160 valence electrons. The molecule has 6 nitrogen and oxygen atoms in total. The van der Waals surface area contributed by atoms with Gasteiger partial charge in [-0.1, -0.05) is 47.7 Å². The van der Waals surface area contributed by atoms with E-state index in [1.807, 2.05) is 73.1 Å². The van der Waals surface area contributed by atoms with Crippen LogP contribution in [0.2, 0.25) is 0 Å². The molecule has 0 aliphatic heterocycles. The van der Waals surface area contributed by atoms with E-state index in [4.69, 9.17) is 9.72 Å². The summed E-state index contributed by atoms with van der Waals surface area (Å²) in [5.74, 6) is 0.568. The standard InChI is InChI=1S/C24H26N4O2S/c1-5-30-20-12-9-13-21-22(20)25-24(31-21)27(15-18-10-7-6-8-11-18)23(29)19-14-17(4)28(26-19)16(2)3/h6-14,16H,5,15H2,1-4H3. The number of anilines is 1. The van der Waals surface area contributed by atoms with Crippen LogP contribution in [-0.4, -0.2) is 27.3 Å². The van der Waals surface area contributed by atoms with Crippen LogP contribution in [0.1, 0.15) is 48.6 Å². The molecule has 2 heterocycles. The Morgan fingerprint density at radius 2 is 1.94 bits per heavy atom. The molecule has 0 atom stereocenters. The first-order valence-corrected chi connectivity index (χ1v) is 11.2. The van der Waals surface area contributed by atoms with E-state index >= 15 is 0 Å². The molecule has 0 fully saturated rings. The zero-order valence-corrected chi connectivity index (χ0v) is 19.0. The predicted molar refractivity (Wildman–Crippen MR) is 125 cm³/mol. The minimum atomic E-state index is -0.164. The van der Waals surface area contributed by atoms with Crippen molar-refractivity contribution in [3.8, 4) is 5.75 Å². The number of thiazole rings is 1. The van der Waals surface area contributed by atoms with Crippen molar-refractivity contribution in [1.29, 1.82) is 0 Å². The summed E-state index contributed by atoms with van der Waals surface area (Å²) in [7, 11) is 0. The summed E-state index contributed by atoms with van der Waals surface area (Å²) in [5, 5.41) is 5.21. The fourth-order valence-corrected chi connectivity index (χ4v) is 4.53. The van der Waals surface area contributed by atoms with E-state index in [0.29, 0.717) is 24.0 Å². The average Bonchev–Trinajstić information content (AvgIpc) is 3.37. The normalized spacial score (nSPS) is 11.3. The molecular formula is C24H26N4O2S. The number of para-hydroxylation sites is 1. The molecule has 0 unspecified atom stereocenters. The zero-order chi connectivity index (χ0) is 22.0. The lowest BCUT2D eigenvalue weighted by atomic mass is 10.2. The van der Waals surface area contributed by atoms with E-state index in [1.54, 1.807) is 4.90 Å². The van der Waals surface area contributed by atoms with Gasteiger partial charge in [-0.05, 0) is 51.5 Å². The molecule has 0 radical (unpaired) electrons. The topological polar surface area (TPSA) is 60.2 Å². The molecule has 4 rings (SSSR count). The fourth-order valence-electron chi connectivity index (χ4n) is 3.54. The summed E-state index contributed by atoms with van der Waals surface area (Å²) >= 11 is 1.48. The van der Waals surface area contributed by atoms with E-state index in [9.17, 15) is 4.79 Å². The smallest absolute Gasteiger partial charge is 0.280 e. The van der Waals surface area contributed by atoms with E-state index in [1.165, 1.54) is 11.3 Å². The molecule has 0 spiro atoms. The van der Waals surface area contributed by atoms with Crippen molar-refractivity contribution in [2.75, 3.05) is 11.5 Å². The number of rotatable bonds is 7. The molecule has 0 bridgehead atoms. The molecule has 1 amide bonds. The maximum Gasteiger partial charge on any atom is 0.280 e. The Morgan fingerprint density at radius 1 is 1.16 bits per heavy atom. The summed E-state index contributed by atoms with van der Waals surface area (Å²) in [6.45, 7) is 9.00. The molecule has 2 aromatic heterocycles. The Morgan fingerprint density at radius 3 is 2.61 bits per heavy atom. The lowest BCUT2D eigenvalue weighted by molar-refractivity contribution is 0.0979. The minimum absolute atomic E-state index is 0.164. The van der Waals surface area contributed by atoms with Crippen molar-refractivity contribution >= 4 is 32.6 Å². The van der Waals surface area contributed by atoms with Crippen LogP contribution in [0, 0.1) is 6.92 Å². The fraction of sp³-hybridized carbons (Fsp3) is 0.292. The summed E-state index contributed by atoms with van der Waals surface area (Å²) in [6.07, 6.45) is 0. The molecule has 0 aliphatic rings. The average molecular weight is 435 g/mol. The number of ether oxygens (including phenoxy) is 1. The number of carbonyl (C=O) groups excluding carboxylic acids is 1. The quantitative estimate of drug-likeness (QED) is 0.378. The lowest BCUT2D eigenvalue weighted by Crippen LogP contribution is -2.30.